The van der Waals surface area contributed by atoms with Crippen LogP contribution in [0.1, 0.15) is 101 Å². The number of esters is 2. The van der Waals surface area contributed by atoms with Crippen molar-refractivity contribution in [3.05, 3.63) is 172 Å². The van der Waals surface area contributed by atoms with Crippen molar-refractivity contribution in [2.75, 3.05) is 49.7 Å². The minimum Gasteiger partial charge on any atom is -0.493 e. The third kappa shape index (κ3) is 17.5. The van der Waals surface area contributed by atoms with Crippen molar-refractivity contribution >= 4 is 114 Å². The molecule has 0 aliphatic carbocycles. The van der Waals surface area contributed by atoms with Gasteiger partial charge in [0.1, 0.15) is 27.1 Å². The summed E-state index contributed by atoms with van der Waals surface area (Å²) in [6.45, 7) is 20.6. The first-order chi connectivity index (χ1) is 43.8. The number of thiazole rings is 2. The molecule has 11 rings (SSSR count). The highest BCUT2D eigenvalue weighted by Gasteiger charge is 2.51. The third-order valence-electron chi connectivity index (χ3n) is 14.4. The molecule has 5 heterocycles. The van der Waals surface area contributed by atoms with Crippen molar-refractivity contribution in [3.8, 4) is 34.4 Å². The van der Waals surface area contributed by atoms with Gasteiger partial charge in [-0.1, -0.05) is 42.5 Å². The molecule has 0 saturated carbocycles. The second kappa shape index (κ2) is 29.0. The second-order valence-electron chi connectivity index (χ2n) is 24.0. The molecular weight excluding hydrogens is 1230 g/mol. The summed E-state index contributed by atoms with van der Waals surface area (Å²) in [6, 6.07) is 41.9. The number of carbonyl (C=O) groups is 2. The van der Waals surface area contributed by atoms with Crippen molar-refractivity contribution in [2.45, 2.75) is 105 Å². The number of carbonyl (C=O) groups excluding carboxylic acids is 2. The fourth-order valence-corrected chi connectivity index (χ4v) is 10.6. The van der Waals surface area contributed by atoms with Crippen molar-refractivity contribution < 1.29 is 47.3 Å². The van der Waals surface area contributed by atoms with Crippen LogP contribution in [0.2, 0.25) is 5.28 Å². The predicted molar refractivity (Wildman–Crippen MR) is 367 cm³/mol. The predicted octanol–water partition coefficient (Wildman–Crippen LogP) is 15.1. The molecule has 0 unspecified atom stereocenters. The minimum absolute atomic E-state index is 0.176. The van der Waals surface area contributed by atoms with Crippen LogP contribution >= 0.6 is 34.3 Å². The van der Waals surface area contributed by atoms with Gasteiger partial charge in [-0.25, -0.2) is 34.5 Å². The van der Waals surface area contributed by atoms with E-state index in [4.69, 9.17) is 59.3 Å². The number of rotatable bonds is 18. The molecule has 0 bridgehead atoms. The average Bonchev–Trinajstić information content (AvgIpc) is 1.61. The molecule has 1 aliphatic heterocycles. The standard InChI is InChI=1S/C31H31N5O4S.C24H32BNO4.C13H11ClN4O2S/c1-31(2,3)40-30(37)20-9-11-22(12-10-20)32-17-19-7-6-8-21(15-19)27-35-28(26-29(36-27)41-18-33-26)34-23-13-14-24(38-4)25(16-23)39-5;1-22(2,3)28-21(27)18-11-13-20(14-12-18)26-16-17-9-8-10-19(15-17)25-29-23(4,5)24(6,7)30-25;1-19-8-4-3-7(5-9(8)20-2)16-11-10-12(21-6-15-10)18-13(14)17-11/h6-16,18,32H,17H2,1-5H3,(H,34,35,36);8-15,26H,16H2,1-7H3;3-6H,1-2H3,(H,16,17,18). The summed E-state index contributed by atoms with van der Waals surface area (Å²) in [5.41, 5.74) is 11.6. The van der Waals surface area contributed by atoms with Crippen molar-refractivity contribution in [1.82, 2.24) is 29.9 Å². The maximum atomic E-state index is 12.3. The minimum atomic E-state index is -0.534. The number of hydrogen-bond acceptors (Lipinski definition) is 22. The Balaban J connectivity index is 0.000000172. The molecule has 0 radical (unpaired) electrons. The molecule has 1 fully saturated rings. The van der Waals surface area contributed by atoms with Gasteiger partial charge in [0.2, 0.25) is 5.28 Å². The van der Waals surface area contributed by atoms with Gasteiger partial charge in [-0.05, 0) is 176 Å². The zero-order valence-corrected chi connectivity index (χ0v) is 56.2. The topological polar surface area (TPSA) is 233 Å². The Morgan fingerprint density at radius 2 is 0.957 bits per heavy atom. The van der Waals surface area contributed by atoms with Crippen LogP contribution in [-0.2, 0) is 31.9 Å². The summed E-state index contributed by atoms with van der Waals surface area (Å²) in [5, 5.41) is 13.5. The molecular formula is C68H74BClN10O10S2. The van der Waals surface area contributed by atoms with Crippen LogP contribution in [0.15, 0.2) is 144 Å². The lowest BCUT2D eigenvalue weighted by Crippen LogP contribution is -2.41. The molecule has 20 nitrogen and oxygen atoms in total. The Kier molecular flexibility index (Phi) is 21.2. The van der Waals surface area contributed by atoms with E-state index in [2.05, 4.69) is 87.1 Å². The number of halogens is 1. The third-order valence-corrected chi connectivity index (χ3v) is 16.0. The van der Waals surface area contributed by atoms with Gasteiger partial charge in [0.05, 0.1) is 61.8 Å². The number of aromatic nitrogens is 6. The Labute approximate surface area is 548 Å². The van der Waals surface area contributed by atoms with E-state index in [-0.39, 0.29) is 35.5 Å². The highest BCUT2D eigenvalue weighted by molar-refractivity contribution is 7.16. The zero-order chi connectivity index (χ0) is 66.0. The van der Waals surface area contributed by atoms with E-state index in [9.17, 15) is 9.59 Å². The van der Waals surface area contributed by atoms with Crippen LogP contribution in [0.3, 0.4) is 0 Å². The van der Waals surface area contributed by atoms with E-state index >= 15 is 0 Å². The molecule has 92 heavy (non-hydrogen) atoms. The van der Waals surface area contributed by atoms with Crippen LogP contribution < -0.4 is 45.7 Å². The molecule has 478 valence electrons. The Hall–Kier alpha value is -9.13. The number of hydrogen-bond donors (Lipinski definition) is 4. The SMILES string of the molecule is CC(C)(C)OC(=O)c1ccc(NCc2cccc(B3OC(C)(C)C(C)(C)O3)c2)cc1.COc1ccc(Nc2nc(-c3cccc(CNc4ccc(C(=O)OC(C)(C)C)cc4)c3)nc3scnc23)cc1OC.COc1ccc(Nc2nc(Cl)nc3scnc23)cc1OC. The van der Waals surface area contributed by atoms with E-state index < -0.39 is 11.2 Å². The smallest absolute Gasteiger partial charge is 0.493 e. The first kappa shape index (κ1) is 67.3. The van der Waals surface area contributed by atoms with Crippen molar-refractivity contribution in [3.63, 3.8) is 0 Å². The maximum absolute atomic E-state index is 12.3. The summed E-state index contributed by atoms with van der Waals surface area (Å²) in [5.74, 6) is 3.63. The highest BCUT2D eigenvalue weighted by Crippen LogP contribution is 2.38. The first-order valence-corrected chi connectivity index (χ1v) is 31.5. The Bertz CT molecular complexity index is 4180. The fraction of sp³-hybridized carbons (Fsp3) is 0.294. The molecule has 0 amide bonds. The quantitative estimate of drug-likeness (QED) is 0.0355. The lowest BCUT2D eigenvalue weighted by molar-refractivity contribution is 0.00570. The first-order valence-electron chi connectivity index (χ1n) is 29.3. The zero-order valence-electron chi connectivity index (χ0n) is 53.8. The van der Waals surface area contributed by atoms with Crippen LogP contribution in [0, 0.1) is 0 Å². The van der Waals surface area contributed by atoms with E-state index in [1.165, 1.54) is 22.7 Å². The monoisotopic (exact) mass is 1300 g/mol. The van der Waals surface area contributed by atoms with E-state index in [1.807, 2.05) is 133 Å². The van der Waals surface area contributed by atoms with Gasteiger partial charge >= 0.3 is 19.1 Å². The average molecular weight is 1300 g/mol. The molecule has 1 aliphatic rings. The second-order valence-corrected chi connectivity index (χ2v) is 26.0. The van der Waals surface area contributed by atoms with Gasteiger partial charge in [0, 0.05) is 53.5 Å². The summed E-state index contributed by atoms with van der Waals surface area (Å²) >= 11 is 8.79. The number of nitrogens with one attached hydrogen (secondary N) is 4. The molecule has 10 aromatic rings. The van der Waals surface area contributed by atoms with Gasteiger partial charge in [-0.3, -0.25) is 0 Å². The summed E-state index contributed by atoms with van der Waals surface area (Å²) in [4.78, 5) is 52.6. The summed E-state index contributed by atoms with van der Waals surface area (Å²) < 4.78 is 44.4. The fourth-order valence-electron chi connectivity index (χ4n) is 9.08. The van der Waals surface area contributed by atoms with Gasteiger partial charge in [0.15, 0.2) is 45.3 Å². The summed E-state index contributed by atoms with van der Waals surface area (Å²) in [6.07, 6.45) is 0. The lowest BCUT2D eigenvalue weighted by Gasteiger charge is -2.32. The highest BCUT2D eigenvalue weighted by atomic mass is 35.5. The summed E-state index contributed by atoms with van der Waals surface area (Å²) in [7, 11) is 6.01. The molecule has 1 saturated heterocycles. The van der Waals surface area contributed by atoms with Gasteiger partial charge < -0.3 is 59.0 Å². The molecule has 0 spiro atoms. The van der Waals surface area contributed by atoms with Crippen LogP contribution in [-0.4, -0.2) is 99.8 Å². The largest absolute Gasteiger partial charge is 0.494 e. The van der Waals surface area contributed by atoms with Crippen molar-refractivity contribution in [2.24, 2.45) is 0 Å². The number of methoxy groups -OCH3 is 4. The molecule has 4 aromatic heterocycles. The lowest BCUT2D eigenvalue weighted by atomic mass is 9.78. The van der Waals surface area contributed by atoms with E-state index in [0.717, 1.165) is 54.6 Å². The van der Waals surface area contributed by atoms with Crippen LogP contribution in [0.5, 0.6) is 23.0 Å². The number of fused-ring (bicyclic) bond motifs is 2. The molecule has 6 aromatic carbocycles. The van der Waals surface area contributed by atoms with Crippen LogP contribution in [0.4, 0.5) is 34.4 Å². The van der Waals surface area contributed by atoms with E-state index in [0.29, 0.717) is 75.7 Å². The van der Waals surface area contributed by atoms with Crippen molar-refractivity contribution in [1.29, 1.82) is 0 Å². The molecule has 0 atom stereocenters. The normalized spacial score (nSPS) is 13.2. The molecule has 4 N–H and O–H groups in total. The van der Waals surface area contributed by atoms with Crippen LogP contribution in [0.25, 0.3) is 32.1 Å². The number of anilines is 6. The van der Waals surface area contributed by atoms with Gasteiger partial charge in [-0.15, -0.1) is 22.7 Å². The molecule has 24 heteroatoms. The number of ether oxygens (including phenoxy) is 6. The number of benzene rings is 6. The van der Waals surface area contributed by atoms with Gasteiger partial charge in [-0.2, -0.15) is 4.98 Å². The Morgan fingerprint density at radius 3 is 1.42 bits per heavy atom. The van der Waals surface area contributed by atoms with Gasteiger partial charge in [0.25, 0.3) is 0 Å². The van der Waals surface area contributed by atoms with E-state index in [1.54, 1.807) is 63.7 Å². The number of nitrogens with zero attached hydrogens (tertiary/aromatic N) is 6. The maximum Gasteiger partial charge on any atom is 0.494 e. The Morgan fingerprint density at radius 1 is 0.522 bits per heavy atom.